The van der Waals surface area contributed by atoms with Crippen LogP contribution in [0, 0.1) is 5.92 Å². The average molecular weight is 244 g/mol. The molecule has 1 saturated heterocycles. The molecule has 18 heavy (non-hydrogen) atoms. The minimum Gasteiger partial charge on any atom is -0.322 e. The highest BCUT2D eigenvalue weighted by Crippen LogP contribution is 2.40. The fourth-order valence-corrected chi connectivity index (χ4v) is 2.93. The zero-order valence-corrected chi connectivity index (χ0v) is 11.0. The first-order valence-corrected chi connectivity index (χ1v) is 6.85. The minimum atomic E-state index is -0.149. The highest BCUT2D eigenvalue weighted by Gasteiger charge is 2.49. The molecule has 96 valence electrons. The topological polar surface area (TPSA) is 32.3 Å². The lowest BCUT2D eigenvalue weighted by atomic mass is 10.1. The lowest BCUT2D eigenvalue weighted by molar-refractivity contribution is -0.130. The number of nitrogens with zero attached hydrogens (tertiary/aromatic N) is 1. The molecule has 0 bridgehead atoms. The largest absolute Gasteiger partial charge is 0.322 e. The van der Waals surface area contributed by atoms with Crippen LogP contribution in [0.25, 0.3) is 0 Å². The van der Waals surface area contributed by atoms with Crippen LogP contribution in [0.5, 0.6) is 0 Å². The number of carbonyl (C=O) groups excluding carboxylic acids is 1. The summed E-state index contributed by atoms with van der Waals surface area (Å²) < 4.78 is 0. The number of hydrogen-bond acceptors (Lipinski definition) is 2. The maximum atomic E-state index is 12.6. The Hall–Kier alpha value is -1.35. The van der Waals surface area contributed by atoms with Crippen LogP contribution in [0.15, 0.2) is 30.3 Å². The van der Waals surface area contributed by atoms with Gasteiger partial charge in [0.1, 0.15) is 6.04 Å². The second-order valence-electron chi connectivity index (χ2n) is 5.46. The summed E-state index contributed by atoms with van der Waals surface area (Å²) in [5, 5.41) is 3.48. The third-order valence-electron chi connectivity index (χ3n) is 4.14. The zero-order valence-electron chi connectivity index (χ0n) is 11.0. The fraction of sp³-hybridized carbons (Fsp3) is 0.533. The van der Waals surface area contributed by atoms with Crippen molar-refractivity contribution in [2.75, 3.05) is 0 Å². The van der Waals surface area contributed by atoms with Gasteiger partial charge in [-0.1, -0.05) is 44.2 Å². The van der Waals surface area contributed by atoms with Crippen molar-refractivity contribution in [1.29, 1.82) is 0 Å². The van der Waals surface area contributed by atoms with Crippen LogP contribution in [0.4, 0.5) is 0 Å². The predicted molar refractivity (Wildman–Crippen MR) is 70.8 cm³/mol. The van der Waals surface area contributed by atoms with E-state index in [0.717, 1.165) is 18.4 Å². The van der Waals surface area contributed by atoms with Crippen LogP contribution in [-0.2, 0) is 4.79 Å². The number of amides is 1. The van der Waals surface area contributed by atoms with Gasteiger partial charge >= 0.3 is 0 Å². The van der Waals surface area contributed by atoms with Crippen molar-refractivity contribution >= 4 is 5.91 Å². The maximum absolute atomic E-state index is 12.6. The Morgan fingerprint density at radius 2 is 2.00 bits per heavy atom. The van der Waals surface area contributed by atoms with E-state index in [4.69, 9.17) is 0 Å². The van der Waals surface area contributed by atoms with Gasteiger partial charge in [-0.25, -0.2) is 0 Å². The molecule has 0 spiro atoms. The highest BCUT2D eigenvalue weighted by molar-refractivity contribution is 5.86. The Morgan fingerprint density at radius 3 is 2.56 bits per heavy atom. The molecule has 1 heterocycles. The van der Waals surface area contributed by atoms with Crippen molar-refractivity contribution < 1.29 is 4.79 Å². The molecule has 1 N–H and O–H groups in total. The summed E-state index contributed by atoms with van der Waals surface area (Å²) in [4.78, 5) is 14.7. The normalized spacial score (nSPS) is 35.0. The van der Waals surface area contributed by atoms with Gasteiger partial charge in [0.2, 0.25) is 5.91 Å². The van der Waals surface area contributed by atoms with Crippen molar-refractivity contribution in [2.24, 2.45) is 5.92 Å². The number of rotatable bonds is 3. The van der Waals surface area contributed by atoms with Gasteiger partial charge in [0, 0.05) is 6.04 Å². The molecule has 2 aliphatic rings. The van der Waals surface area contributed by atoms with Gasteiger partial charge in [-0.15, -0.1) is 0 Å². The standard InChI is InChI=1S/C15H20N2O/c1-3-13-16-14(11-7-5-4-6-8-11)15(18)17(13)12-9-10(12)2/h4-8,10,12-14,16H,3,9H2,1-2H3. The van der Waals surface area contributed by atoms with E-state index in [-0.39, 0.29) is 18.1 Å². The number of nitrogens with one attached hydrogen (secondary N) is 1. The van der Waals surface area contributed by atoms with Crippen LogP contribution in [-0.4, -0.2) is 23.0 Å². The Bertz CT molecular complexity index is 445. The molecule has 4 atom stereocenters. The summed E-state index contributed by atoms with van der Waals surface area (Å²) in [7, 11) is 0. The summed E-state index contributed by atoms with van der Waals surface area (Å²) in [5.41, 5.74) is 1.08. The van der Waals surface area contributed by atoms with Gasteiger partial charge in [-0.2, -0.15) is 0 Å². The molecule has 1 amide bonds. The first-order chi connectivity index (χ1) is 8.72. The first kappa shape index (κ1) is 11.7. The van der Waals surface area contributed by atoms with Crippen LogP contribution < -0.4 is 5.32 Å². The van der Waals surface area contributed by atoms with Gasteiger partial charge in [-0.05, 0) is 24.3 Å². The first-order valence-electron chi connectivity index (χ1n) is 6.85. The number of hydrogen-bond donors (Lipinski definition) is 1. The molecule has 0 radical (unpaired) electrons. The van der Waals surface area contributed by atoms with E-state index in [2.05, 4.69) is 24.1 Å². The third kappa shape index (κ3) is 1.83. The van der Waals surface area contributed by atoms with Crippen molar-refractivity contribution in [1.82, 2.24) is 10.2 Å². The van der Waals surface area contributed by atoms with Gasteiger partial charge in [0.15, 0.2) is 0 Å². The van der Waals surface area contributed by atoms with E-state index in [1.165, 1.54) is 0 Å². The van der Waals surface area contributed by atoms with Crippen molar-refractivity contribution in [3.8, 4) is 0 Å². The smallest absolute Gasteiger partial charge is 0.245 e. The van der Waals surface area contributed by atoms with E-state index in [9.17, 15) is 4.79 Å². The van der Waals surface area contributed by atoms with E-state index >= 15 is 0 Å². The van der Waals surface area contributed by atoms with Crippen molar-refractivity contribution in [2.45, 2.75) is 44.9 Å². The molecule has 3 heteroatoms. The van der Waals surface area contributed by atoms with Crippen LogP contribution in [0.2, 0.25) is 0 Å². The van der Waals surface area contributed by atoms with Crippen LogP contribution in [0.3, 0.4) is 0 Å². The molecule has 1 aliphatic heterocycles. The van der Waals surface area contributed by atoms with Crippen molar-refractivity contribution in [3.63, 3.8) is 0 Å². The SMILES string of the molecule is CCC1NC(c2ccccc2)C(=O)N1C1CC1C. The Morgan fingerprint density at radius 1 is 1.33 bits per heavy atom. The summed E-state index contributed by atoms with van der Waals surface area (Å²) in [6, 6.07) is 10.3. The van der Waals surface area contributed by atoms with E-state index in [1.807, 2.05) is 30.3 Å². The maximum Gasteiger partial charge on any atom is 0.245 e. The quantitative estimate of drug-likeness (QED) is 0.885. The summed E-state index contributed by atoms with van der Waals surface area (Å²) in [6.07, 6.45) is 2.33. The molecular formula is C15H20N2O. The zero-order chi connectivity index (χ0) is 12.7. The molecule has 3 rings (SSSR count). The molecule has 0 aromatic heterocycles. The minimum absolute atomic E-state index is 0.149. The molecule has 1 aromatic rings. The number of benzene rings is 1. The second kappa shape index (κ2) is 4.39. The second-order valence-corrected chi connectivity index (χ2v) is 5.46. The van der Waals surface area contributed by atoms with E-state index < -0.39 is 0 Å². The van der Waals surface area contributed by atoms with Crippen molar-refractivity contribution in [3.05, 3.63) is 35.9 Å². The molecule has 4 unspecified atom stereocenters. The molecule has 3 nitrogen and oxygen atoms in total. The molecule has 2 fully saturated rings. The predicted octanol–water partition coefficient (Wildman–Crippen LogP) is 2.30. The number of carbonyl (C=O) groups is 1. The monoisotopic (exact) mass is 244 g/mol. The Kier molecular flexibility index (Phi) is 2.86. The molecular weight excluding hydrogens is 224 g/mol. The lowest BCUT2D eigenvalue weighted by Gasteiger charge is -2.23. The van der Waals surface area contributed by atoms with Crippen LogP contribution in [0.1, 0.15) is 38.3 Å². The molecule has 1 aliphatic carbocycles. The lowest BCUT2D eigenvalue weighted by Crippen LogP contribution is -2.39. The van der Waals surface area contributed by atoms with Gasteiger partial charge in [0.05, 0.1) is 6.17 Å². The Balaban J connectivity index is 1.84. The summed E-state index contributed by atoms with van der Waals surface area (Å²) >= 11 is 0. The fourth-order valence-electron chi connectivity index (χ4n) is 2.93. The molecule has 1 aromatic carbocycles. The van der Waals surface area contributed by atoms with E-state index in [0.29, 0.717) is 12.0 Å². The van der Waals surface area contributed by atoms with E-state index in [1.54, 1.807) is 0 Å². The van der Waals surface area contributed by atoms with Crippen LogP contribution >= 0.6 is 0 Å². The average Bonchev–Trinajstić information content (AvgIpc) is 3.01. The van der Waals surface area contributed by atoms with Gasteiger partial charge in [-0.3, -0.25) is 10.1 Å². The third-order valence-corrected chi connectivity index (χ3v) is 4.14. The molecule has 1 saturated carbocycles. The highest BCUT2D eigenvalue weighted by atomic mass is 16.2. The van der Waals surface area contributed by atoms with Gasteiger partial charge in [0.25, 0.3) is 0 Å². The van der Waals surface area contributed by atoms with Gasteiger partial charge < -0.3 is 4.90 Å². The summed E-state index contributed by atoms with van der Waals surface area (Å²) in [6.45, 7) is 4.36. The Labute approximate surface area is 108 Å². The summed E-state index contributed by atoms with van der Waals surface area (Å²) in [5.74, 6) is 0.918.